The molecule has 1 N–H and O–H groups in total. The Hall–Kier alpha value is -0.900. The van der Waals surface area contributed by atoms with Crippen LogP contribution in [0.2, 0.25) is 0 Å². The normalized spacial score (nSPS) is 24.2. The van der Waals surface area contributed by atoms with Crippen molar-refractivity contribution in [1.82, 2.24) is 9.80 Å². The number of likely N-dealkylation sites (tertiary alicyclic amines) is 1. The molecule has 0 radical (unpaired) electrons. The number of nitrogens with zero attached hydrogens (tertiary/aromatic N) is 2. The fraction of sp³-hybridized carbons (Fsp3) is 0.625. The second kappa shape index (κ2) is 6.04. The molecule has 1 saturated heterocycles. The van der Waals surface area contributed by atoms with Crippen LogP contribution >= 0.6 is 0 Å². The van der Waals surface area contributed by atoms with Gasteiger partial charge < -0.3 is 5.11 Å². The summed E-state index contributed by atoms with van der Waals surface area (Å²) in [4.78, 5) is 5.09. The quantitative estimate of drug-likeness (QED) is 0.843. The van der Waals surface area contributed by atoms with E-state index in [0.717, 1.165) is 25.7 Å². The first-order chi connectivity index (χ1) is 9.36. The Labute approximate surface area is 115 Å². The van der Waals surface area contributed by atoms with E-state index >= 15 is 0 Å². The van der Waals surface area contributed by atoms with Crippen LogP contribution in [-0.4, -0.2) is 53.2 Å². The van der Waals surface area contributed by atoms with Crippen LogP contribution in [0.1, 0.15) is 24.8 Å². The number of aliphatic hydroxyl groups is 1. The lowest BCUT2D eigenvalue weighted by Crippen LogP contribution is -2.40. The molecule has 2 aliphatic rings. The van der Waals surface area contributed by atoms with Gasteiger partial charge in [0, 0.05) is 38.3 Å². The van der Waals surface area contributed by atoms with Crippen molar-refractivity contribution >= 4 is 0 Å². The fourth-order valence-corrected chi connectivity index (χ4v) is 3.25. The first kappa shape index (κ1) is 13.1. The van der Waals surface area contributed by atoms with Crippen molar-refractivity contribution < 1.29 is 5.11 Å². The molecule has 1 unspecified atom stereocenters. The smallest absolute Gasteiger partial charge is 0.0558 e. The number of benzene rings is 1. The molecule has 3 heteroatoms. The highest BCUT2D eigenvalue weighted by Gasteiger charge is 2.36. The van der Waals surface area contributed by atoms with Crippen LogP contribution < -0.4 is 0 Å². The number of hydrogen-bond donors (Lipinski definition) is 1. The molecule has 1 aliphatic carbocycles. The summed E-state index contributed by atoms with van der Waals surface area (Å²) in [7, 11) is 0. The predicted octanol–water partition coefficient (Wildman–Crippen LogP) is 1.72. The van der Waals surface area contributed by atoms with Gasteiger partial charge in [-0.2, -0.15) is 0 Å². The Balaban J connectivity index is 1.54. The minimum atomic E-state index is 0.297. The van der Waals surface area contributed by atoms with Crippen molar-refractivity contribution in [3.8, 4) is 0 Å². The van der Waals surface area contributed by atoms with E-state index in [0.29, 0.717) is 12.6 Å². The molecular formula is C16H24N2O. The average Bonchev–Trinajstić information content (AvgIpc) is 3.17. The standard InChI is InChI=1S/C16H24N2O/c19-11-10-18(15-6-7-15)16-8-9-17(13-16)12-14-4-2-1-3-5-14/h1-5,15-16,19H,6-13H2. The summed E-state index contributed by atoms with van der Waals surface area (Å²) in [5.74, 6) is 0. The molecule has 3 nitrogen and oxygen atoms in total. The van der Waals surface area contributed by atoms with Gasteiger partial charge in [-0.3, -0.25) is 9.80 Å². The molecule has 0 bridgehead atoms. The highest BCUT2D eigenvalue weighted by Crippen LogP contribution is 2.31. The van der Waals surface area contributed by atoms with Crippen LogP contribution in [0, 0.1) is 0 Å². The van der Waals surface area contributed by atoms with E-state index in [4.69, 9.17) is 0 Å². The first-order valence-electron chi connectivity index (χ1n) is 7.49. The molecule has 19 heavy (non-hydrogen) atoms. The zero-order valence-corrected chi connectivity index (χ0v) is 11.5. The summed E-state index contributed by atoms with van der Waals surface area (Å²) in [6.07, 6.45) is 3.91. The Morgan fingerprint density at radius 2 is 1.89 bits per heavy atom. The topological polar surface area (TPSA) is 26.7 Å². The van der Waals surface area contributed by atoms with Crippen molar-refractivity contribution in [2.24, 2.45) is 0 Å². The van der Waals surface area contributed by atoms with Gasteiger partial charge in [0.2, 0.25) is 0 Å². The van der Waals surface area contributed by atoms with Crippen molar-refractivity contribution in [2.75, 3.05) is 26.2 Å². The SMILES string of the molecule is OCCN(C1CC1)C1CCN(Cc2ccccc2)C1. The third kappa shape index (κ3) is 3.35. The third-order valence-corrected chi connectivity index (χ3v) is 4.34. The van der Waals surface area contributed by atoms with E-state index in [1.165, 1.54) is 31.4 Å². The molecule has 1 saturated carbocycles. The average molecular weight is 260 g/mol. The summed E-state index contributed by atoms with van der Waals surface area (Å²) < 4.78 is 0. The van der Waals surface area contributed by atoms with Crippen molar-refractivity contribution in [3.63, 3.8) is 0 Å². The van der Waals surface area contributed by atoms with Gasteiger partial charge in [0.05, 0.1) is 6.61 Å². The van der Waals surface area contributed by atoms with E-state index in [1.54, 1.807) is 0 Å². The monoisotopic (exact) mass is 260 g/mol. The Kier molecular flexibility index (Phi) is 4.16. The van der Waals surface area contributed by atoms with E-state index in [1.807, 2.05) is 0 Å². The summed E-state index contributed by atoms with van der Waals surface area (Å²) in [5.41, 5.74) is 1.41. The first-order valence-corrected chi connectivity index (χ1v) is 7.49. The molecule has 1 aliphatic heterocycles. The molecule has 104 valence electrons. The molecule has 1 aromatic carbocycles. The molecule has 0 spiro atoms. The fourth-order valence-electron chi connectivity index (χ4n) is 3.25. The number of rotatable bonds is 6. The summed E-state index contributed by atoms with van der Waals surface area (Å²) in [5, 5.41) is 9.22. The van der Waals surface area contributed by atoms with Gasteiger partial charge in [0.25, 0.3) is 0 Å². The van der Waals surface area contributed by atoms with Gasteiger partial charge in [-0.1, -0.05) is 30.3 Å². The summed E-state index contributed by atoms with van der Waals surface area (Å²) in [6.45, 7) is 4.56. The van der Waals surface area contributed by atoms with Crippen LogP contribution in [0.4, 0.5) is 0 Å². The molecule has 2 fully saturated rings. The molecule has 3 rings (SSSR count). The summed E-state index contributed by atoms with van der Waals surface area (Å²) >= 11 is 0. The third-order valence-electron chi connectivity index (χ3n) is 4.34. The van der Waals surface area contributed by atoms with E-state index < -0.39 is 0 Å². The lowest BCUT2D eigenvalue weighted by molar-refractivity contribution is 0.141. The predicted molar refractivity (Wildman–Crippen MR) is 76.9 cm³/mol. The number of hydrogen-bond acceptors (Lipinski definition) is 3. The highest BCUT2D eigenvalue weighted by atomic mass is 16.3. The van der Waals surface area contributed by atoms with Gasteiger partial charge in [0.1, 0.15) is 0 Å². The lowest BCUT2D eigenvalue weighted by atomic mass is 10.2. The maximum absolute atomic E-state index is 9.22. The maximum Gasteiger partial charge on any atom is 0.0558 e. The van der Waals surface area contributed by atoms with Gasteiger partial charge >= 0.3 is 0 Å². The maximum atomic E-state index is 9.22. The molecular weight excluding hydrogens is 236 g/mol. The second-order valence-electron chi connectivity index (χ2n) is 5.86. The van der Waals surface area contributed by atoms with Crippen LogP contribution in [0.15, 0.2) is 30.3 Å². The zero-order chi connectivity index (χ0) is 13.1. The molecule has 0 amide bonds. The van der Waals surface area contributed by atoms with Crippen molar-refractivity contribution in [3.05, 3.63) is 35.9 Å². The minimum Gasteiger partial charge on any atom is -0.395 e. The van der Waals surface area contributed by atoms with Gasteiger partial charge in [-0.15, -0.1) is 0 Å². The van der Waals surface area contributed by atoms with E-state index in [9.17, 15) is 5.11 Å². The molecule has 1 heterocycles. The molecule has 1 atom stereocenters. The van der Waals surface area contributed by atoms with Crippen LogP contribution in [0.5, 0.6) is 0 Å². The van der Waals surface area contributed by atoms with Gasteiger partial charge in [-0.05, 0) is 24.8 Å². The summed E-state index contributed by atoms with van der Waals surface area (Å²) in [6, 6.07) is 12.1. The van der Waals surface area contributed by atoms with Crippen LogP contribution in [0.3, 0.4) is 0 Å². The molecule has 1 aromatic rings. The Morgan fingerprint density at radius 3 is 2.58 bits per heavy atom. The van der Waals surface area contributed by atoms with Crippen LogP contribution in [0.25, 0.3) is 0 Å². The minimum absolute atomic E-state index is 0.297. The second-order valence-corrected chi connectivity index (χ2v) is 5.86. The largest absolute Gasteiger partial charge is 0.395 e. The van der Waals surface area contributed by atoms with Crippen molar-refractivity contribution in [1.29, 1.82) is 0 Å². The Bertz CT molecular complexity index is 391. The van der Waals surface area contributed by atoms with Gasteiger partial charge in [-0.25, -0.2) is 0 Å². The number of aliphatic hydroxyl groups excluding tert-OH is 1. The van der Waals surface area contributed by atoms with Crippen molar-refractivity contribution in [2.45, 2.75) is 37.9 Å². The van der Waals surface area contributed by atoms with Crippen LogP contribution in [-0.2, 0) is 6.54 Å². The lowest BCUT2D eigenvalue weighted by Gasteiger charge is -2.28. The Morgan fingerprint density at radius 1 is 1.11 bits per heavy atom. The molecule has 0 aromatic heterocycles. The highest BCUT2D eigenvalue weighted by molar-refractivity contribution is 5.14. The van der Waals surface area contributed by atoms with E-state index in [2.05, 4.69) is 40.1 Å². The van der Waals surface area contributed by atoms with E-state index in [-0.39, 0.29) is 0 Å². The zero-order valence-electron chi connectivity index (χ0n) is 11.5. The van der Waals surface area contributed by atoms with Gasteiger partial charge in [0.15, 0.2) is 0 Å².